The van der Waals surface area contributed by atoms with Crippen molar-refractivity contribution in [3.05, 3.63) is 91.0 Å². The molecular weight excluding hydrogens is 348 g/mol. The van der Waals surface area contributed by atoms with E-state index in [1.807, 2.05) is 24.3 Å². The normalized spacial score (nSPS) is 12.2. The van der Waals surface area contributed by atoms with Gasteiger partial charge < -0.3 is 0 Å². The van der Waals surface area contributed by atoms with Crippen LogP contribution in [-0.4, -0.2) is 13.6 Å². The number of amidine groups is 1. The Bertz CT molecular complexity index is 1000. The third kappa shape index (κ3) is 4.40. The number of nitrogens with zero attached hydrogens (tertiary/aromatic N) is 3. The molecule has 0 radical (unpaired) electrons. The predicted octanol–water partition coefficient (Wildman–Crippen LogP) is 4.63. The highest BCUT2D eigenvalue weighted by molar-refractivity contribution is 8.06. The minimum absolute atomic E-state index is 0.0978. The van der Waals surface area contributed by atoms with E-state index in [2.05, 4.69) is 20.8 Å². The number of para-hydroxylation sites is 1. The second-order valence-corrected chi connectivity index (χ2v) is 7.07. The van der Waals surface area contributed by atoms with E-state index in [0.29, 0.717) is 11.4 Å². The van der Waals surface area contributed by atoms with Gasteiger partial charge in [0.05, 0.1) is 16.3 Å². The summed E-state index contributed by atoms with van der Waals surface area (Å²) in [5.74, 6) is 0. The van der Waals surface area contributed by atoms with Gasteiger partial charge in [0.25, 0.3) is 5.17 Å². The Kier molecular flexibility index (Phi) is 5.50. The van der Waals surface area contributed by atoms with Gasteiger partial charge in [0, 0.05) is 0 Å². The van der Waals surface area contributed by atoms with Gasteiger partial charge in [0.15, 0.2) is 0 Å². The van der Waals surface area contributed by atoms with Gasteiger partial charge in [-0.15, -0.1) is 15.3 Å². The molecule has 0 unspecified atom stereocenters. The van der Waals surface area contributed by atoms with Gasteiger partial charge in [-0.2, -0.15) is 0 Å². The molecule has 3 aromatic carbocycles. The number of sulfone groups is 1. The first kappa shape index (κ1) is 17.5. The molecule has 0 aliphatic rings. The van der Waals surface area contributed by atoms with Gasteiger partial charge in [-0.3, -0.25) is 5.43 Å². The van der Waals surface area contributed by atoms with Gasteiger partial charge in [-0.05, 0) is 36.4 Å². The van der Waals surface area contributed by atoms with Crippen LogP contribution in [-0.2, 0) is 9.84 Å². The standard InChI is InChI=1S/C19H16N4O2S/c24-26(25,18-14-8-3-9-15-18)19(22-20-16-10-4-1-5-11-16)23-21-17-12-6-2-7-13-17/h1-15,20H. The van der Waals surface area contributed by atoms with Crippen LogP contribution in [0.15, 0.2) is 111 Å². The smallest absolute Gasteiger partial charge is 0.276 e. The molecule has 0 fully saturated rings. The van der Waals surface area contributed by atoms with E-state index in [-0.39, 0.29) is 4.90 Å². The first-order valence-corrected chi connectivity index (χ1v) is 9.30. The van der Waals surface area contributed by atoms with Crippen molar-refractivity contribution in [1.29, 1.82) is 0 Å². The Labute approximate surface area is 151 Å². The van der Waals surface area contributed by atoms with E-state index in [4.69, 9.17) is 0 Å². The lowest BCUT2D eigenvalue weighted by Gasteiger charge is -2.05. The largest absolute Gasteiger partial charge is 0.289 e. The quantitative estimate of drug-likeness (QED) is 0.317. The van der Waals surface area contributed by atoms with Crippen molar-refractivity contribution in [2.75, 3.05) is 5.43 Å². The number of anilines is 1. The van der Waals surface area contributed by atoms with Gasteiger partial charge in [-0.25, -0.2) is 8.42 Å². The Morgan fingerprint density at radius 3 is 1.88 bits per heavy atom. The average Bonchev–Trinajstić information content (AvgIpc) is 2.70. The van der Waals surface area contributed by atoms with Gasteiger partial charge >= 0.3 is 0 Å². The van der Waals surface area contributed by atoms with Crippen LogP contribution >= 0.6 is 0 Å². The second kappa shape index (κ2) is 8.17. The number of azo groups is 1. The van der Waals surface area contributed by atoms with E-state index in [9.17, 15) is 8.42 Å². The molecular formula is C19H16N4O2S. The van der Waals surface area contributed by atoms with Crippen LogP contribution in [0.25, 0.3) is 0 Å². The van der Waals surface area contributed by atoms with E-state index in [0.717, 1.165) is 0 Å². The molecule has 3 aromatic rings. The fourth-order valence-corrected chi connectivity index (χ4v) is 3.10. The van der Waals surface area contributed by atoms with Crippen LogP contribution in [0.4, 0.5) is 11.4 Å². The monoisotopic (exact) mass is 364 g/mol. The lowest BCUT2D eigenvalue weighted by Crippen LogP contribution is -2.14. The molecule has 0 bridgehead atoms. The molecule has 0 amide bonds. The van der Waals surface area contributed by atoms with Gasteiger partial charge in [-0.1, -0.05) is 54.6 Å². The van der Waals surface area contributed by atoms with Crippen molar-refractivity contribution < 1.29 is 8.42 Å². The summed E-state index contributed by atoms with van der Waals surface area (Å²) in [7, 11) is -3.91. The minimum Gasteiger partial charge on any atom is -0.276 e. The van der Waals surface area contributed by atoms with Crippen LogP contribution in [0.5, 0.6) is 0 Å². The zero-order valence-corrected chi connectivity index (χ0v) is 14.5. The Morgan fingerprint density at radius 1 is 0.731 bits per heavy atom. The Balaban J connectivity index is 1.97. The number of hydrogen-bond donors (Lipinski definition) is 1. The zero-order chi connectivity index (χ0) is 18.2. The van der Waals surface area contributed by atoms with Crippen LogP contribution in [0.1, 0.15) is 0 Å². The van der Waals surface area contributed by atoms with E-state index < -0.39 is 15.0 Å². The Morgan fingerprint density at radius 2 is 1.27 bits per heavy atom. The SMILES string of the molecule is O=S(=O)(C(N=Nc1ccccc1)=NNc1ccccc1)c1ccccc1. The van der Waals surface area contributed by atoms with Gasteiger partial charge in [0.2, 0.25) is 9.84 Å². The van der Waals surface area contributed by atoms with Crippen LogP contribution in [0.2, 0.25) is 0 Å². The molecule has 0 atom stereocenters. The highest BCUT2D eigenvalue weighted by Gasteiger charge is 2.23. The lowest BCUT2D eigenvalue weighted by atomic mass is 10.3. The van der Waals surface area contributed by atoms with Crippen molar-refractivity contribution in [3.63, 3.8) is 0 Å². The molecule has 130 valence electrons. The number of hydrazone groups is 1. The first-order valence-electron chi connectivity index (χ1n) is 7.82. The van der Waals surface area contributed by atoms with Crippen molar-refractivity contribution in [2.24, 2.45) is 15.3 Å². The molecule has 0 heterocycles. The first-order chi connectivity index (χ1) is 12.7. The maximum absolute atomic E-state index is 12.9. The van der Waals surface area contributed by atoms with Crippen molar-refractivity contribution in [1.82, 2.24) is 0 Å². The van der Waals surface area contributed by atoms with Crippen molar-refractivity contribution in [2.45, 2.75) is 4.90 Å². The molecule has 26 heavy (non-hydrogen) atoms. The summed E-state index contributed by atoms with van der Waals surface area (Å²) >= 11 is 0. The van der Waals surface area contributed by atoms with Gasteiger partial charge in [0.1, 0.15) is 0 Å². The summed E-state index contributed by atoms with van der Waals surface area (Å²) in [5, 5.41) is 11.4. The minimum atomic E-state index is -3.91. The topological polar surface area (TPSA) is 83.2 Å². The molecule has 0 aromatic heterocycles. The number of benzene rings is 3. The summed E-state index contributed by atoms with van der Waals surface area (Å²) in [5.41, 5.74) is 3.88. The number of nitrogens with one attached hydrogen (secondary N) is 1. The fraction of sp³-hybridized carbons (Fsp3) is 0. The molecule has 0 spiro atoms. The summed E-state index contributed by atoms with van der Waals surface area (Å²) in [6, 6.07) is 25.9. The number of hydrogen-bond acceptors (Lipinski definition) is 5. The zero-order valence-electron chi connectivity index (χ0n) is 13.7. The average molecular weight is 364 g/mol. The molecule has 7 heteroatoms. The number of rotatable bonds is 4. The lowest BCUT2D eigenvalue weighted by molar-refractivity contribution is 0.606. The summed E-state index contributed by atoms with van der Waals surface area (Å²) in [4.78, 5) is 0.0978. The predicted molar refractivity (Wildman–Crippen MR) is 102 cm³/mol. The van der Waals surface area contributed by atoms with E-state index in [1.165, 1.54) is 12.1 Å². The van der Waals surface area contributed by atoms with E-state index >= 15 is 0 Å². The highest BCUT2D eigenvalue weighted by Crippen LogP contribution is 2.17. The third-order valence-corrected chi connectivity index (χ3v) is 4.90. The van der Waals surface area contributed by atoms with Crippen LogP contribution < -0.4 is 5.43 Å². The third-order valence-electron chi connectivity index (χ3n) is 3.36. The second-order valence-electron chi connectivity index (χ2n) is 5.22. The summed E-state index contributed by atoms with van der Waals surface area (Å²) in [6.45, 7) is 0. The molecule has 0 saturated heterocycles. The molecule has 0 saturated carbocycles. The van der Waals surface area contributed by atoms with Crippen LogP contribution in [0, 0.1) is 0 Å². The highest BCUT2D eigenvalue weighted by atomic mass is 32.2. The maximum atomic E-state index is 12.9. The Hall–Kier alpha value is -3.32. The summed E-state index contributed by atoms with van der Waals surface area (Å²) < 4.78 is 25.7. The molecule has 0 aliphatic heterocycles. The van der Waals surface area contributed by atoms with Crippen molar-refractivity contribution >= 4 is 26.4 Å². The maximum Gasteiger partial charge on any atom is 0.289 e. The molecule has 3 rings (SSSR count). The van der Waals surface area contributed by atoms with Crippen molar-refractivity contribution in [3.8, 4) is 0 Å². The molecule has 1 N–H and O–H groups in total. The fourth-order valence-electron chi connectivity index (χ4n) is 2.06. The van der Waals surface area contributed by atoms with Crippen LogP contribution in [0.3, 0.4) is 0 Å². The molecule has 6 nitrogen and oxygen atoms in total. The van der Waals surface area contributed by atoms with E-state index in [1.54, 1.807) is 54.6 Å². The summed E-state index contributed by atoms with van der Waals surface area (Å²) in [6.07, 6.45) is 0. The molecule has 0 aliphatic carbocycles.